The summed E-state index contributed by atoms with van der Waals surface area (Å²) in [7, 11) is -3.90. The quantitative estimate of drug-likeness (QED) is 0.229. The minimum atomic E-state index is -3.90. The Hall–Kier alpha value is -4.97. The number of carbonyl (C=O) groups is 2. The first kappa shape index (κ1) is 26.6. The van der Waals surface area contributed by atoms with Gasteiger partial charge < -0.3 is 19.6 Å². The average Bonchev–Trinajstić information content (AvgIpc) is 3.54. The zero-order chi connectivity index (χ0) is 28.4. The topological polar surface area (TPSA) is 156 Å². The molecule has 0 spiro atoms. The van der Waals surface area contributed by atoms with Crippen molar-refractivity contribution >= 4 is 44.4 Å². The Labute approximate surface area is 229 Å². The van der Waals surface area contributed by atoms with Gasteiger partial charge in [-0.3, -0.25) is 9.52 Å². The number of hydrogen-bond acceptors (Lipinski definition) is 8. The summed E-state index contributed by atoms with van der Waals surface area (Å²) in [4.78, 5) is 33.1. The van der Waals surface area contributed by atoms with E-state index >= 15 is 0 Å². The zero-order valence-corrected chi connectivity index (χ0v) is 22.6. The molecule has 0 fully saturated rings. The number of sulfonamides is 1. The molecule has 1 amide bonds. The molecular weight excluding hydrogens is 534 g/mol. The van der Waals surface area contributed by atoms with Gasteiger partial charge in [-0.25, -0.2) is 18.2 Å². The number of nitrogens with zero attached hydrogens (tertiary/aromatic N) is 2. The largest absolute Gasteiger partial charge is 0.449 e. The molecule has 1 atom stereocenters. The van der Waals surface area contributed by atoms with Crippen molar-refractivity contribution in [1.29, 1.82) is 0 Å². The number of aromatic amines is 1. The second-order valence-corrected chi connectivity index (χ2v) is 10.9. The summed E-state index contributed by atoms with van der Waals surface area (Å²) in [5, 5.41) is 6.22. The first-order valence-electron chi connectivity index (χ1n) is 12.2. The minimum absolute atomic E-state index is 0.0367. The number of rotatable bonds is 8. The van der Waals surface area contributed by atoms with Gasteiger partial charge in [0, 0.05) is 17.3 Å². The molecule has 2 heterocycles. The highest BCUT2D eigenvalue weighted by Crippen LogP contribution is 2.23. The monoisotopic (exact) mass is 559 g/mol. The number of carbonyl (C=O) groups excluding carboxylic acids is 2. The van der Waals surface area contributed by atoms with Crippen LogP contribution in [0, 0.1) is 13.8 Å². The van der Waals surface area contributed by atoms with E-state index in [1.807, 2.05) is 31.2 Å². The molecule has 0 aliphatic carbocycles. The predicted octanol–water partition coefficient (Wildman–Crippen LogP) is 4.82. The number of aryl methyl sites for hydroxylation is 2. The van der Waals surface area contributed by atoms with Crippen molar-refractivity contribution in [3.05, 3.63) is 89.7 Å². The summed E-state index contributed by atoms with van der Waals surface area (Å²) in [6.07, 6.45) is -1.12. The number of ether oxygens (including phenoxy) is 1. The van der Waals surface area contributed by atoms with E-state index in [0.29, 0.717) is 28.3 Å². The maximum Gasteiger partial charge on any atom is 0.338 e. The molecule has 5 aromatic rings. The van der Waals surface area contributed by atoms with E-state index in [-0.39, 0.29) is 16.3 Å². The van der Waals surface area contributed by atoms with E-state index in [2.05, 4.69) is 25.2 Å². The molecule has 5 rings (SSSR count). The van der Waals surface area contributed by atoms with E-state index in [0.717, 1.165) is 11.1 Å². The van der Waals surface area contributed by atoms with Crippen molar-refractivity contribution < 1.29 is 27.3 Å². The lowest BCUT2D eigenvalue weighted by molar-refractivity contribution is -0.123. The molecule has 12 heteroatoms. The van der Waals surface area contributed by atoms with Crippen LogP contribution in [0.1, 0.15) is 28.6 Å². The summed E-state index contributed by atoms with van der Waals surface area (Å²) in [5.74, 6) is -0.0595. The Morgan fingerprint density at radius 1 is 0.975 bits per heavy atom. The van der Waals surface area contributed by atoms with Crippen molar-refractivity contribution in [1.82, 2.24) is 15.1 Å². The second-order valence-electron chi connectivity index (χ2n) is 9.17. The summed E-state index contributed by atoms with van der Waals surface area (Å²) in [6.45, 7) is 5.09. The predicted molar refractivity (Wildman–Crippen MR) is 148 cm³/mol. The van der Waals surface area contributed by atoms with Gasteiger partial charge in [0.15, 0.2) is 11.9 Å². The van der Waals surface area contributed by atoms with Crippen LogP contribution in [0.2, 0.25) is 0 Å². The number of anilines is 2. The lowest BCUT2D eigenvalue weighted by Crippen LogP contribution is -2.30. The highest BCUT2D eigenvalue weighted by molar-refractivity contribution is 7.92. The van der Waals surface area contributed by atoms with E-state index in [4.69, 9.17) is 9.26 Å². The number of amides is 1. The first-order valence-corrected chi connectivity index (χ1v) is 13.7. The fourth-order valence-corrected chi connectivity index (χ4v) is 4.82. The van der Waals surface area contributed by atoms with Crippen molar-refractivity contribution in [2.24, 2.45) is 0 Å². The number of H-pyrrole nitrogens is 1. The molecular formula is C28H25N5O6S. The molecule has 1 unspecified atom stereocenters. The van der Waals surface area contributed by atoms with Crippen LogP contribution in [0.25, 0.3) is 22.4 Å². The molecule has 11 nitrogen and oxygen atoms in total. The van der Waals surface area contributed by atoms with Gasteiger partial charge in [0.2, 0.25) is 0 Å². The molecule has 3 aromatic carbocycles. The van der Waals surface area contributed by atoms with Gasteiger partial charge in [-0.2, -0.15) is 0 Å². The number of nitrogens with one attached hydrogen (secondary N) is 3. The smallest absolute Gasteiger partial charge is 0.338 e. The van der Waals surface area contributed by atoms with Gasteiger partial charge in [0.1, 0.15) is 11.6 Å². The first-order chi connectivity index (χ1) is 19.1. The van der Waals surface area contributed by atoms with Gasteiger partial charge in [-0.05, 0) is 63.2 Å². The van der Waals surface area contributed by atoms with Crippen LogP contribution in [-0.4, -0.2) is 41.5 Å². The fraction of sp³-hybridized carbons (Fsp3) is 0.143. The highest BCUT2D eigenvalue weighted by Gasteiger charge is 2.21. The molecule has 0 saturated carbocycles. The molecule has 0 saturated heterocycles. The maximum atomic E-state index is 12.8. The molecule has 0 aliphatic heterocycles. The summed E-state index contributed by atoms with van der Waals surface area (Å²) in [6, 6.07) is 19.8. The van der Waals surface area contributed by atoms with Gasteiger partial charge >= 0.3 is 5.97 Å². The number of fused-ring (bicyclic) bond motifs is 1. The van der Waals surface area contributed by atoms with E-state index in [9.17, 15) is 18.0 Å². The standard InChI is InChI=1S/C28H25N5O6S/c1-16-4-6-19(7-5-16)26-30-23-13-8-20(15-24(23)31-26)28(35)38-18(3)27(34)29-21-9-11-22(12-10-21)40(36,37)33-25-14-17(2)39-32-25/h4-15,18H,1-3H3,(H,29,34)(H,30,31)(H,32,33). The van der Waals surface area contributed by atoms with Crippen LogP contribution in [0.5, 0.6) is 0 Å². The Kier molecular flexibility index (Phi) is 7.09. The number of esters is 1. The lowest BCUT2D eigenvalue weighted by atomic mass is 10.1. The number of benzene rings is 3. The van der Waals surface area contributed by atoms with Crippen LogP contribution >= 0.6 is 0 Å². The van der Waals surface area contributed by atoms with Crippen molar-refractivity contribution in [2.45, 2.75) is 31.8 Å². The molecule has 0 bridgehead atoms. The fourth-order valence-electron chi connectivity index (χ4n) is 3.84. The normalized spacial score (nSPS) is 12.2. The molecule has 40 heavy (non-hydrogen) atoms. The van der Waals surface area contributed by atoms with Gasteiger partial charge in [-0.1, -0.05) is 35.0 Å². The molecule has 2 aromatic heterocycles. The Morgan fingerprint density at radius 2 is 1.70 bits per heavy atom. The molecule has 0 aliphatic rings. The van der Waals surface area contributed by atoms with Crippen molar-refractivity contribution in [3.8, 4) is 11.4 Å². The highest BCUT2D eigenvalue weighted by atomic mass is 32.2. The van der Waals surface area contributed by atoms with Gasteiger partial charge in [-0.15, -0.1) is 0 Å². The third-order valence-corrected chi connectivity index (χ3v) is 7.37. The Morgan fingerprint density at radius 3 is 2.38 bits per heavy atom. The summed E-state index contributed by atoms with van der Waals surface area (Å²) < 4.78 is 37.6. The molecule has 204 valence electrons. The Balaban J connectivity index is 1.21. The van der Waals surface area contributed by atoms with Gasteiger partial charge in [0.05, 0.1) is 21.5 Å². The Bertz CT molecular complexity index is 1810. The van der Waals surface area contributed by atoms with Crippen molar-refractivity contribution in [2.75, 3.05) is 10.0 Å². The minimum Gasteiger partial charge on any atom is -0.449 e. The van der Waals surface area contributed by atoms with Crippen LogP contribution in [0.4, 0.5) is 11.5 Å². The van der Waals surface area contributed by atoms with Crippen LogP contribution in [-0.2, 0) is 19.6 Å². The molecule has 0 radical (unpaired) electrons. The lowest BCUT2D eigenvalue weighted by Gasteiger charge is -2.14. The number of imidazole rings is 1. The zero-order valence-electron chi connectivity index (χ0n) is 21.8. The molecule has 3 N–H and O–H groups in total. The SMILES string of the molecule is Cc1ccc(-c2nc3ccc(C(=O)OC(C)C(=O)Nc4ccc(S(=O)(=O)Nc5cc(C)on5)cc4)cc3[nH]2)cc1. The summed E-state index contributed by atoms with van der Waals surface area (Å²) >= 11 is 0. The summed E-state index contributed by atoms with van der Waals surface area (Å²) in [5.41, 5.74) is 3.99. The van der Waals surface area contributed by atoms with E-state index < -0.39 is 28.0 Å². The van der Waals surface area contributed by atoms with Crippen LogP contribution in [0.3, 0.4) is 0 Å². The van der Waals surface area contributed by atoms with Crippen LogP contribution in [0.15, 0.2) is 82.2 Å². The average molecular weight is 560 g/mol. The third kappa shape index (κ3) is 5.86. The van der Waals surface area contributed by atoms with E-state index in [1.165, 1.54) is 37.3 Å². The number of hydrogen-bond donors (Lipinski definition) is 3. The third-order valence-electron chi connectivity index (χ3n) is 5.99. The second kappa shape index (κ2) is 10.7. The van der Waals surface area contributed by atoms with Crippen molar-refractivity contribution in [3.63, 3.8) is 0 Å². The number of aromatic nitrogens is 3. The maximum absolute atomic E-state index is 12.8. The van der Waals surface area contributed by atoms with Crippen LogP contribution < -0.4 is 10.0 Å². The van der Waals surface area contributed by atoms with E-state index in [1.54, 1.807) is 25.1 Å². The van der Waals surface area contributed by atoms with Gasteiger partial charge in [0.25, 0.3) is 15.9 Å².